The van der Waals surface area contributed by atoms with Crippen LogP contribution in [-0.4, -0.2) is 99.9 Å². The van der Waals surface area contributed by atoms with E-state index in [-0.39, 0.29) is 27.9 Å². The van der Waals surface area contributed by atoms with Crippen LogP contribution in [0.3, 0.4) is 0 Å². The lowest BCUT2D eigenvalue weighted by Crippen LogP contribution is -2.46. The number of thiophene rings is 1. The zero-order valence-corrected chi connectivity index (χ0v) is 35.0. The molecular formula is C42H45ClN6O6S3. The van der Waals surface area contributed by atoms with Crippen molar-refractivity contribution in [1.29, 1.82) is 0 Å². The van der Waals surface area contributed by atoms with Crippen LogP contribution in [-0.2, 0) is 21.3 Å². The number of thioether (sulfide) groups is 1. The highest BCUT2D eigenvalue weighted by Crippen LogP contribution is 2.32. The number of anilines is 2. The summed E-state index contributed by atoms with van der Waals surface area (Å²) >= 11 is 9.42. The number of nitro groups is 1. The van der Waals surface area contributed by atoms with Gasteiger partial charge in [0.25, 0.3) is 21.6 Å². The first kappa shape index (κ1) is 41.7. The number of amides is 1. The summed E-state index contributed by atoms with van der Waals surface area (Å²) in [6.45, 7) is 7.87. The molecule has 0 aliphatic carbocycles. The highest BCUT2D eigenvalue weighted by molar-refractivity contribution is 8.01. The molecular weight excluding hydrogens is 816 g/mol. The molecule has 5 aromatic rings. The second-order valence-electron chi connectivity index (χ2n) is 14.2. The van der Waals surface area contributed by atoms with Gasteiger partial charge >= 0.3 is 0 Å². The predicted octanol–water partition coefficient (Wildman–Crippen LogP) is 7.71. The van der Waals surface area contributed by atoms with E-state index >= 15 is 0 Å². The summed E-state index contributed by atoms with van der Waals surface area (Å²) < 4.78 is 35.5. The van der Waals surface area contributed by atoms with Crippen LogP contribution in [0.1, 0.15) is 22.3 Å². The Balaban J connectivity index is 0.954. The van der Waals surface area contributed by atoms with Crippen LogP contribution < -0.4 is 14.9 Å². The van der Waals surface area contributed by atoms with E-state index in [0.717, 1.165) is 80.3 Å². The molecule has 0 unspecified atom stereocenters. The lowest BCUT2D eigenvalue weighted by Gasteiger charge is -2.36. The molecule has 2 aliphatic rings. The summed E-state index contributed by atoms with van der Waals surface area (Å²) in [7, 11) is -4.43. The van der Waals surface area contributed by atoms with Crippen molar-refractivity contribution >= 4 is 67.7 Å². The van der Waals surface area contributed by atoms with Crippen LogP contribution in [0.4, 0.5) is 17.1 Å². The minimum Gasteiger partial charge on any atom is -0.379 e. The van der Waals surface area contributed by atoms with E-state index in [1.165, 1.54) is 23.3 Å². The number of carbonyl (C=O) groups is 1. The fourth-order valence-electron chi connectivity index (χ4n) is 7.10. The number of halogens is 1. The van der Waals surface area contributed by atoms with Crippen LogP contribution in [0.5, 0.6) is 0 Å². The molecule has 7 rings (SSSR count). The van der Waals surface area contributed by atoms with E-state index in [0.29, 0.717) is 24.0 Å². The Morgan fingerprint density at radius 1 is 0.897 bits per heavy atom. The Bertz CT molecular complexity index is 2270. The molecule has 1 amide bonds. The van der Waals surface area contributed by atoms with E-state index in [1.807, 2.05) is 60.0 Å². The zero-order chi connectivity index (χ0) is 40.5. The number of rotatable bonds is 16. The fourth-order valence-corrected chi connectivity index (χ4v) is 10.1. The van der Waals surface area contributed by atoms with Crippen molar-refractivity contribution in [3.8, 4) is 11.1 Å². The Kier molecular flexibility index (Phi) is 14.0. The first-order valence-electron chi connectivity index (χ1n) is 19.1. The number of nitrogens with one attached hydrogen (secondary N) is 2. The number of nitro benzene ring substituents is 1. The molecule has 1 atom stereocenters. The summed E-state index contributed by atoms with van der Waals surface area (Å²) in [6, 6.07) is 30.7. The van der Waals surface area contributed by atoms with Crippen LogP contribution in [0.15, 0.2) is 118 Å². The monoisotopic (exact) mass is 860 g/mol. The number of hydrogen-bond donors (Lipinski definition) is 2. The SMILES string of the molecule is O=C(NS(=O)(=O)c1ccc(N[C@H](CCN2CCOCC2)CSc2cccs2)c([N+](=O)[O-])c1)c1ccc(N2CCN(Cc3ccccc3-c3ccc(Cl)cc3)CC2)cc1. The molecule has 58 heavy (non-hydrogen) atoms. The van der Waals surface area contributed by atoms with Crippen LogP contribution in [0.25, 0.3) is 11.1 Å². The van der Waals surface area contributed by atoms with Crippen molar-refractivity contribution < 1.29 is 22.9 Å². The van der Waals surface area contributed by atoms with Gasteiger partial charge in [0.15, 0.2) is 0 Å². The third-order valence-electron chi connectivity index (χ3n) is 10.3. The number of ether oxygens (including phenoxy) is 1. The molecule has 304 valence electrons. The number of nitrogens with zero attached hydrogens (tertiary/aromatic N) is 4. The average molecular weight is 862 g/mol. The van der Waals surface area contributed by atoms with E-state index < -0.39 is 20.9 Å². The predicted molar refractivity (Wildman–Crippen MR) is 233 cm³/mol. The molecule has 2 saturated heterocycles. The van der Waals surface area contributed by atoms with Gasteiger partial charge in [-0.05, 0) is 83.1 Å². The lowest BCUT2D eigenvalue weighted by molar-refractivity contribution is -0.384. The van der Waals surface area contributed by atoms with Gasteiger partial charge in [0, 0.05) is 86.5 Å². The fraction of sp³-hybridized carbons (Fsp3) is 0.310. The maximum Gasteiger partial charge on any atom is 0.293 e. The largest absolute Gasteiger partial charge is 0.379 e. The van der Waals surface area contributed by atoms with Crippen LogP contribution in [0, 0.1) is 10.1 Å². The third-order valence-corrected chi connectivity index (χ3v) is 14.2. The van der Waals surface area contributed by atoms with Gasteiger partial charge in [-0.15, -0.1) is 23.1 Å². The van der Waals surface area contributed by atoms with E-state index in [1.54, 1.807) is 35.2 Å². The van der Waals surface area contributed by atoms with Crippen molar-refractivity contribution in [3.63, 3.8) is 0 Å². The van der Waals surface area contributed by atoms with E-state index in [2.05, 4.69) is 42.9 Å². The minimum absolute atomic E-state index is 0.133. The van der Waals surface area contributed by atoms with Crippen LogP contribution in [0.2, 0.25) is 5.02 Å². The minimum atomic E-state index is -4.43. The van der Waals surface area contributed by atoms with Gasteiger partial charge in [-0.25, -0.2) is 13.1 Å². The Morgan fingerprint density at radius 3 is 2.34 bits per heavy atom. The molecule has 12 nitrogen and oxygen atoms in total. The normalized spacial score (nSPS) is 15.8. The summed E-state index contributed by atoms with van der Waals surface area (Å²) in [5.41, 5.74) is 4.47. The molecule has 0 radical (unpaired) electrons. The van der Waals surface area contributed by atoms with Gasteiger partial charge in [-0.2, -0.15) is 0 Å². The molecule has 1 aromatic heterocycles. The zero-order valence-electron chi connectivity index (χ0n) is 31.8. The third kappa shape index (κ3) is 11.0. The second kappa shape index (κ2) is 19.5. The molecule has 2 aliphatic heterocycles. The highest BCUT2D eigenvalue weighted by atomic mass is 35.5. The molecule has 3 heterocycles. The van der Waals surface area contributed by atoms with Crippen molar-refractivity contribution in [2.45, 2.75) is 28.1 Å². The van der Waals surface area contributed by atoms with Gasteiger partial charge < -0.3 is 15.0 Å². The molecule has 0 bridgehead atoms. The van der Waals surface area contributed by atoms with E-state index in [4.69, 9.17) is 16.3 Å². The van der Waals surface area contributed by atoms with Crippen molar-refractivity contribution in [3.05, 3.63) is 135 Å². The smallest absolute Gasteiger partial charge is 0.293 e. The molecule has 0 spiro atoms. The first-order valence-corrected chi connectivity index (χ1v) is 22.8. The van der Waals surface area contributed by atoms with Gasteiger partial charge in [0.1, 0.15) is 5.69 Å². The Morgan fingerprint density at radius 2 is 1.64 bits per heavy atom. The van der Waals surface area contributed by atoms with E-state index in [9.17, 15) is 23.3 Å². The summed E-state index contributed by atoms with van der Waals surface area (Å²) in [6.07, 6.45) is 0.724. The van der Waals surface area contributed by atoms with Crippen molar-refractivity contribution in [2.24, 2.45) is 0 Å². The molecule has 4 aromatic carbocycles. The first-order chi connectivity index (χ1) is 28.1. The van der Waals surface area contributed by atoms with Gasteiger partial charge in [0.2, 0.25) is 0 Å². The number of sulfonamides is 1. The molecule has 0 saturated carbocycles. The Labute approximate surface area is 352 Å². The highest BCUT2D eigenvalue weighted by Gasteiger charge is 2.26. The maximum atomic E-state index is 13.4. The summed E-state index contributed by atoms with van der Waals surface area (Å²) in [5.74, 6) is -0.164. The van der Waals surface area contributed by atoms with Gasteiger partial charge in [0.05, 0.1) is 27.2 Å². The molecule has 2 fully saturated rings. The molecule has 16 heteroatoms. The average Bonchev–Trinajstić information content (AvgIpc) is 3.77. The van der Waals surface area contributed by atoms with Gasteiger partial charge in [-0.3, -0.25) is 24.7 Å². The quantitative estimate of drug-likeness (QED) is 0.0574. The van der Waals surface area contributed by atoms with Gasteiger partial charge in [-0.1, -0.05) is 54.1 Å². The van der Waals surface area contributed by atoms with Crippen molar-refractivity contribution in [2.75, 3.05) is 75.0 Å². The Hall–Kier alpha value is -4.48. The standard InChI is InChI=1S/C42H45ClN6O6S3/c43-34-11-7-31(8-12-34)38-5-2-1-4-33(38)29-47-19-21-48(22-20-47)36-13-9-32(10-14-36)42(50)45-58(53,54)37-15-16-39(40(28-37)49(51)52)44-35(30-57-41-6-3-27-56-41)17-18-46-23-25-55-26-24-46/h1-16,27-28,35,44H,17-26,29-30H2,(H,45,50)/t35-/m1/s1. The number of piperazine rings is 1. The number of benzene rings is 4. The maximum absolute atomic E-state index is 13.4. The summed E-state index contributed by atoms with van der Waals surface area (Å²) in [4.78, 5) is 31.5. The topological polar surface area (TPSA) is 137 Å². The lowest BCUT2D eigenvalue weighted by atomic mass is 9.99. The number of carbonyl (C=O) groups excluding carboxylic acids is 1. The summed E-state index contributed by atoms with van der Waals surface area (Å²) in [5, 5.41) is 18.3. The van der Waals surface area contributed by atoms with Crippen LogP contribution >= 0.6 is 34.7 Å². The number of hydrogen-bond acceptors (Lipinski definition) is 12. The number of morpholine rings is 1. The second-order valence-corrected chi connectivity index (χ2v) is 18.6. The van der Waals surface area contributed by atoms with Crippen molar-refractivity contribution in [1.82, 2.24) is 14.5 Å². The molecule has 2 N–H and O–H groups in total.